The van der Waals surface area contributed by atoms with Gasteiger partial charge in [-0.05, 0) is 88.0 Å². The minimum absolute atomic E-state index is 0.881. The van der Waals surface area contributed by atoms with E-state index in [1.807, 2.05) is 0 Å². The maximum absolute atomic E-state index is 6.84. The first kappa shape index (κ1) is 31.7. The van der Waals surface area contributed by atoms with E-state index in [1.54, 1.807) is 0 Å². The molecule has 12 rings (SSSR count). The molecule has 3 heteroatoms. The quantitative estimate of drug-likeness (QED) is 0.173. The predicted octanol–water partition coefficient (Wildman–Crippen LogP) is 14.8. The highest BCUT2D eigenvalue weighted by atomic mass is 16.3. The van der Waals surface area contributed by atoms with Gasteiger partial charge in [0.25, 0.3) is 0 Å². The molecule has 0 spiro atoms. The van der Waals surface area contributed by atoms with E-state index in [9.17, 15) is 0 Å². The zero-order valence-electron chi connectivity index (χ0n) is 30.9. The molecule has 9 aromatic carbocycles. The Balaban J connectivity index is 1.05. The Morgan fingerprint density at radius 2 is 0.860 bits per heavy atom. The second-order valence-electron chi connectivity index (χ2n) is 14.9. The Labute approximate surface area is 328 Å². The largest absolute Gasteiger partial charge is 0.454 e. The first-order valence-electron chi connectivity index (χ1n) is 19.5. The van der Waals surface area contributed by atoms with Crippen LogP contribution in [0.3, 0.4) is 0 Å². The highest BCUT2D eigenvalue weighted by Crippen LogP contribution is 2.44. The number of fused-ring (bicyclic) bond motifs is 9. The fourth-order valence-electron chi connectivity index (χ4n) is 9.12. The molecule has 0 amide bonds. The van der Waals surface area contributed by atoms with Gasteiger partial charge in [0.2, 0.25) is 0 Å². The SMILES string of the molecule is c1ccc(-c2ccc(-c3ccc(-n4c5ccccc5c5cc(-c6ccc7c8ccccc8n(-c8ccccc8)c7c6)ccc54)c4oc5ccccc5c34)cc2)cc1. The zero-order chi connectivity index (χ0) is 37.5. The summed E-state index contributed by atoms with van der Waals surface area (Å²) in [6, 6.07) is 74.3. The summed E-state index contributed by atoms with van der Waals surface area (Å²) in [5, 5.41) is 7.16. The topological polar surface area (TPSA) is 23.0 Å². The van der Waals surface area contributed by atoms with Gasteiger partial charge in [0.1, 0.15) is 5.58 Å². The molecule has 0 aliphatic carbocycles. The highest BCUT2D eigenvalue weighted by molar-refractivity contribution is 6.17. The van der Waals surface area contributed by atoms with Gasteiger partial charge < -0.3 is 13.6 Å². The number of furan rings is 1. The molecule has 0 N–H and O–H groups in total. The van der Waals surface area contributed by atoms with Gasteiger partial charge in [-0.25, -0.2) is 0 Å². The molecule has 0 unspecified atom stereocenters. The van der Waals surface area contributed by atoms with E-state index in [4.69, 9.17) is 4.42 Å². The van der Waals surface area contributed by atoms with Crippen molar-refractivity contribution < 1.29 is 4.42 Å². The van der Waals surface area contributed by atoms with E-state index in [-0.39, 0.29) is 0 Å². The molecule has 0 fully saturated rings. The smallest absolute Gasteiger partial charge is 0.160 e. The minimum atomic E-state index is 0.881. The Bertz CT molecular complexity index is 3490. The maximum Gasteiger partial charge on any atom is 0.160 e. The van der Waals surface area contributed by atoms with Crippen molar-refractivity contribution in [3.8, 4) is 44.8 Å². The van der Waals surface area contributed by atoms with Crippen molar-refractivity contribution in [2.24, 2.45) is 0 Å². The lowest BCUT2D eigenvalue weighted by Gasteiger charge is -2.12. The summed E-state index contributed by atoms with van der Waals surface area (Å²) in [4.78, 5) is 0. The van der Waals surface area contributed by atoms with Crippen LogP contribution in [0.15, 0.2) is 211 Å². The summed E-state index contributed by atoms with van der Waals surface area (Å²) < 4.78 is 11.6. The van der Waals surface area contributed by atoms with Crippen LogP contribution >= 0.6 is 0 Å². The van der Waals surface area contributed by atoms with Crippen LogP contribution in [0, 0.1) is 0 Å². The fourth-order valence-corrected chi connectivity index (χ4v) is 9.12. The summed E-state index contributed by atoms with van der Waals surface area (Å²) in [6.45, 7) is 0. The van der Waals surface area contributed by atoms with Crippen LogP contribution in [-0.4, -0.2) is 9.13 Å². The third-order valence-electron chi connectivity index (χ3n) is 11.7. The number of hydrogen-bond acceptors (Lipinski definition) is 1. The van der Waals surface area contributed by atoms with Crippen molar-refractivity contribution in [2.45, 2.75) is 0 Å². The Kier molecular flexibility index (Phi) is 6.93. The molecule has 0 radical (unpaired) electrons. The van der Waals surface area contributed by atoms with Crippen LogP contribution in [0.25, 0.3) is 110 Å². The van der Waals surface area contributed by atoms with E-state index >= 15 is 0 Å². The molecule has 0 aliphatic rings. The number of benzene rings is 9. The first-order valence-corrected chi connectivity index (χ1v) is 19.5. The van der Waals surface area contributed by atoms with Gasteiger partial charge in [-0.15, -0.1) is 0 Å². The van der Waals surface area contributed by atoms with Crippen molar-refractivity contribution >= 4 is 65.6 Å². The standard InChI is InChI=1S/C54H34N2O/c1-3-13-35(14-4-1)36-23-25-37(26-24-36)41-30-32-50(54-53(41)45-19-9-12-22-52(45)57-54)56-48-21-11-8-18-43(48)46-33-38(28-31-49(46)56)39-27-29-44-42-17-7-10-20-47(42)55(51(44)34-39)40-15-5-2-6-16-40/h1-34H. The van der Waals surface area contributed by atoms with Crippen LogP contribution in [0.1, 0.15) is 0 Å². The number of aromatic nitrogens is 2. The number of rotatable bonds is 5. The second-order valence-corrected chi connectivity index (χ2v) is 14.9. The molecule has 0 atom stereocenters. The van der Waals surface area contributed by atoms with Gasteiger partial charge in [0.05, 0.1) is 27.8 Å². The fraction of sp³-hybridized carbons (Fsp3) is 0. The number of nitrogens with zero attached hydrogens (tertiary/aromatic N) is 2. The molecule has 3 nitrogen and oxygen atoms in total. The molecule has 0 aliphatic heterocycles. The van der Waals surface area contributed by atoms with Crippen LogP contribution in [0.4, 0.5) is 0 Å². The molecule has 3 heterocycles. The van der Waals surface area contributed by atoms with Crippen molar-refractivity contribution in [1.29, 1.82) is 0 Å². The minimum Gasteiger partial charge on any atom is -0.454 e. The average Bonchev–Trinajstić information content (AvgIpc) is 3.95. The van der Waals surface area contributed by atoms with Crippen LogP contribution in [0.5, 0.6) is 0 Å². The molecule has 3 aromatic heterocycles. The number of hydrogen-bond donors (Lipinski definition) is 0. The molecular weight excluding hydrogens is 693 g/mol. The summed E-state index contributed by atoms with van der Waals surface area (Å²) in [5.41, 5.74) is 15.7. The molecule has 0 saturated heterocycles. The maximum atomic E-state index is 6.84. The molecule has 266 valence electrons. The van der Waals surface area contributed by atoms with Gasteiger partial charge in [-0.2, -0.15) is 0 Å². The third kappa shape index (κ3) is 4.86. The van der Waals surface area contributed by atoms with E-state index in [2.05, 4.69) is 215 Å². The first-order chi connectivity index (χ1) is 28.3. The van der Waals surface area contributed by atoms with E-state index < -0.39 is 0 Å². The van der Waals surface area contributed by atoms with Crippen LogP contribution < -0.4 is 0 Å². The van der Waals surface area contributed by atoms with Gasteiger partial charge >= 0.3 is 0 Å². The average molecular weight is 727 g/mol. The third-order valence-corrected chi connectivity index (χ3v) is 11.7. The monoisotopic (exact) mass is 726 g/mol. The molecule has 0 bridgehead atoms. The van der Waals surface area contributed by atoms with Gasteiger partial charge in [-0.3, -0.25) is 0 Å². The molecule has 0 saturated carbocycles. The lowest BCUT2D eigenvalue weighted by molar-refractivity contribution is 0.666. The summed E-state index contributed by atoms with van der Waals surface area (Å²) in [6.07, 6.45) is 0. The molecular formula is C54H34N2O. The van der Waals surface area contributed by atoms with E-state index in [0.717, 1.165) is 55.5 Å². The van der Waals surface area contributed by atoms with Crippen molar-refractivity contribution in [3.05, 3.63) is 206 Å². The molecule has 57 heavy (non-hydrogen) atoms. The Hall–Kier alpha value is -7.62. The van der Waals surface area contributed by atoms with Crippen molar-refractivity contribution in [2.75, 3.05) is 0 Å². The summed E-state index contributed by atoms with van der Waals surface area (Å²) in [7, 11) is 0. The lowest BCUT2D eigenvalue weighted by atomic mass is 9.96. The van der Waals surface area contributed by atoms with Crippen LogP contribution in [-0.2, 0) is 0 Å². The van der Waals surface area contributed by atoms with Gasteiger partial charge in [-0.1, -0.05) is 152 Å². The van der Waals surface area contributed by atoms with Gasteiger partial charge in [0.15, 0.2) is 5.58 Å². The summed E-state index contributed by atoms with van der Waals surface area (Å²) >= 11 is 0. The summed E-state index contributed by atoms with van der Waals surface area (Å²) in [5.74, 6) is 0. The van der Waals surface area contributed by atoms with Crippen molar-refractivity contribution in [1.82, 2.24) is 9.13 Å². The van der Waals surface area contributed by atoms with Crippen molar-refractivity contribution in [3.63, 3.8) is 0 Å². The molecule has 12 aromatic rings. The van der Waals surface area contributed by atoms with Crippen LogP contribution in [0.2, 0.25) is 0 Å². The Morgan fingerprint density at radius 1 is 0.316 bits per heavy atom. The van der Waals surface area contributed by atoms with Gasteiger partial charge in [0, 0.05) is 38.0 Å². The van der Waals surface area contributed by atoms with E-state index in [0.29, 0.717) is 0 Å². The number of para-hydroxylation sites is 4. The zero-order valence-corrected chi connectivity index (χ0v) is 30.9. The second kappa shape index (κ2) is 12.5. The Morgan fingerprint density at radius 3 is 1.65 bits per heavy atom. The normalized spacial score (nSPS) is 11.9. The predicted molar refractivity (Wildman–Crippen MR) is 239 cm³/mol. The lowest BCUT2D eigenvalue weighted by Crippen LogP contribution is -1.95. The highest BCUT2D eigenvalue weighted by Gasteiger charge is 2.21. The van der Waals surface area contributed by atoms with E-state index in [1.165, 1.54) is 54.8 Å².